The Morgan fingerprint density at radius 1 is 1.22 bits per heavy atom. The van der Waals surface area contributed by atoms with Gasteiger partial charge in [-0.3, -0.25) is 14.9 Å². The second-order valence-electron chi connectivity index (χ2n) is 5.30. The molecule has 0 unspecified atom stereocenters. The van der Waals surface area contributed by atoms with Crippen LogP contribution in [0.4, 0.5) is 5.69 Å². The molecule has 0 saturated carbocycles. The number of nitro benzene ring substituents is 1. The Kier molecular flexibility index (Phi) is 2.90. The molecule has 1 aliphatic rings. The minimum absolute atomic E-state index is 0.0655. The van der Waals surface area contributed by atoms with Gasteiger partial charge in [0.25, 0.3) is 11.5 Å². The van der Waals surface area contributed by atoms with E-state index in [1.165, 1.54) is 16.9 Å². The van der Waals surface area contributed by atoms with Crippen LogP contribution in [0.1, 0.15) is 28.9 Å². The molecule has 0 spiro atoms. The number of fused-ring (bicyclic) bond motifs is 2. The predicted octanol–water partition coefficient (Wildman–Crippen LogP) is 2.22. The van der Waals surface area contributed by atoms with Gasteiger partial charge in [0.1, 0.15) is 6.33 Å². The molecule has 4 rings (SSSR count). The van der Waals surface area contributed by atoms with Gasteiger partial charge in [0.2, 0.25) is 0 Å². The number of aromatic nitrogens is 4. The molecule has 3 aromatic rings. The number of Topliss-reactive ketones (excluding diaryl/α,β-unsaturated/α-hetero) is 1. The number of carbonyl (C=O) groups is 1. The Morgan fingerprint density at radius 2 is 2.04 bits per heavy atom. The first-order valence-corrected chi connectivity index (χ1v) is 7.16. The molecule has 23 heavy (non-hydrogen) atoms. The van der Waals surface area contributed by atoms with E-state index in [9.17, 15) is 14.9 Å². The number of nitrogens with zero attached hydrogens (tertiary/aromatic N) is 5. The normalized spacial score (nSPS) is 14.0. The first kappa shape index (κ1) is 13.5. The van der Waals surface area contributed by atoms with Crippen LogP contribution in [0.3, 0.4) is 0 Å². The molecule has 2 heterocycles. The highest BCUT2D eigenvalue weighted by Crippen LogP contribution is 2.35. The van der Waals surface area contributed by atoms with Crippen molar-refractivity contribution in [3.05, 3.63) is 52.0 Å². The highest BCUT2D eigenvalue weighted by atomic mass is 16.6. The van der Waals surface area contributed by atoms with Crippen molar-refractivity contribution in [2.45, 2.75) is 19.3 Å². The number of ketones is 1. The Hall–Kier alpha value is -3.16. The van der Waals surface area contributed by atoms with Gasteiger partial charge in [0, 0.05) is 12.5 Å². The van der Waals surface area contributed by atoms with E-state index in [4.69, 9.17) is 0 Å². The van der Waals surface area contributed by atoms with Crippen LogP contribution in [0.2, 0.25) is 0 Å². The summed E-state index contributed by atoms with van der Waals surface area (Å²) in [7, 11) is 0. The molecule has 0 saturated heterocycles. The van der Waals surface area contributed by atoms with Crippen LogP contribution in [-0.2, 0) is 6.42 Å². The second kappa shape index (κ2) is 4.94. The largest absolute Gasteiger partial charge is 0.294 e. The van der Waals surface area contributed by atoms with Crippen LogP contribution in [0.5, 0.6) is 0 Å². The quantitative estimate of drug-likeness (QED) is 0.531. The third-order valence-corrected chi connectivity index (χ3v) is 3.95. The van der Waals surface area contributed by atoms with Crippen LogP contribution in [0.15, 0.2) is 30.6 Å². The molecule has 0 aliphatic heterocycles. The molecule has 0 amide bonds. The fourth-order valence-corrected chi connectivity index (χ4v) is 2.99. The Labute approximate surface area is 130 Å². The van der Waals surface area contributed by atoms with Crippen molar-refractivity contribution in [2.75, 3.05) is 0 Å². The van der Waals surface area contributed by atoms with Crippen LogP contribution < -0.4 is 0 Å². The average Bonchev–Trinajstić information content (AvgIpc) is 3.01. The molecule has 0 bridgehead atoms. The molecule has 1 aliphatic carbocycles. The Morgan fingerprint density at radius 3 is 2.87 bits per heavy atom. The summed E-state index contributed by atoms with van der Waals surface area (Å²) < 4.78 is 1.41. The van der Waals surface area contributed by atoms with E-state index in [0.717, 1.165) is 6.42 Å². The first-order chi connectivity index (χ1) is 11.2. The number of benzene rings is 1. The number of hydrogen-bond donors (Lipinski definition) is 0. The van der Waals surface area contributed by atoms with Crippen molar-refractivity contribution in [3.63, 3.8) is 0 Å². The summed E-state index contributed by atoms with van der Waals surface area (Å²) >= 11 is 0. The van der Waals surface area contributed by atoms with Gasteiger partial charge in [-0.2, -0.15) is 14.6 Å². The van der Waals surface area contributed by atoms with E-state index in [-0.39, 0.29) is 11.5 Å². The standard InChI is InChI=1S/C15H11N5O3/c21-12-7-3-5-10-13(12)14(19-15(18-10)16-8-17-19)9-4-1-2-6-11(9)20(22)23/h1-2,4,6,8H,3,5,7H2. The average molecular weight is 309 g/mol. The summed E-state index contributed by atoms with van der Waals surface area (Å²) in [5.74, 6) is 0.274. The van der Waals surface area contributed by atoms with Gasteiger partial charge >= 0.3 is 0 Å². The zero-order valence-corrected chi connectivity index (χ0v) is 12.0. The SMILES string of the molecule is O=C1CCCc2nc3ncnn3c(-c3ccccc3[N+](=O)[O-])c21. The van der Waals surface area contributed by atoms with Crippen molar-refractivity contribution < 1.29 is 9.72 Å². The molecule has 0 radical (unpaired) electrons. The zero-order valence-electron chi connectivity index (χ0n) is 12.0. The Bertz CT molecular complexity index is 963. The number of aryl methyl sites for hydroxylation is 1. The van der Waals surface area contributed by atoms with Crippen LogP contribution >= 0.6 is 0 Å². The predicted molar refractivity (Wildman–Crippen MR) is 80.1 cm³/mol. The maximum atomic E-state index is 12.5. The lowest BCUT2D eigenvalue weighted by Crippen LogP contribution is -2.18. The van der Waals surface area contributed by atoms with Crippen LogP contribution in [0, 0.1) is 10.1 Å². The maximum Gasteiger partial charge on any atom is 0.278 e. The summed E-state index contributed by atoms with van der Waals surface area (Å²) in [5, 5.41) is 15.5. The molecule has 1 aromatic carbocycles. The third-order valence-electron chi connectivity index (χ3n) is 3.95. The van der Waals surface area contributed by atoms with Gasteiger partial charge in [-0.15, -0.1) is 0 Å². The summed E-state index contributed by atoms with van der Waals surface area (Å²) in [6, 6.07) is 6.33. The van der Waals surface area contributed by atoms with E-state index < -0.39 is 4.92 Å². The van der Waals surface area contributed by atoms with E-state index in [2.05, 4.69) is 15.1 Å². The van der Waals surface area contributed by atoms with Crippen molar-refractivity contribution in [3.8, 4) is 11.3 Å². The van der Waals surface area contributed by atoms with Crippen molar-refractivity contribution >= 4 is 17.2 Å². The number of rotatable bonds is 2. The van der Waals surface area contributed by atoms with Gasteiger partial charge in [0.15, 0.2) is 5.78 Å². The summed E-state index contributed by atoms with van der Waals surface area (Å²) in [6.45, 7) is 0. The number of nitro groups is 1. The second-order valence-corrected chi connectivity index (χ2v) is 5.30. The van der Waals surface area contributed by atoms with Crippen molar-refractivity contribution in [1.82, 2.24) is 19.6 Å². The van der Waals surface area contributed by atoms with Gasteiger partial charge in [-0.25, -0.2) is 4.98 Å². The maximum absolute atomic E-state index is 12.5. The topological polar surface area (TPSA) is 103 Å². The highest BCUT2D eigenvalue weighted by Gasteiger charge is 2.29. The lowest BCUT2D eigenvalue weighted by molar-refractivity contribution is -0.384. The number of hydrogen-bond acceptors (Lipinski definition) is 6. The van der Waals surface area contributed by atoms with E-state index in [0.29, 0.717) is 41.1 Å². The minimum Gasteiger partial charge on any atom is -0.294 e. The fraction of sp³-hybridized carbons (Fsp3) is 0.200. The summed E-state index contributed by atoms with van der Waals surface area (Å²) in [4.78, 5) is 31.8. The molecule has 8 nitrogen and oxygen atoms in total. The van der Waals surface area contributed by atoms with Gasteiger partial charge in [-0.05, 0) is 18.9 Å². The zero-order chi connectivity index (χ0) is 16.0. The summed E-state index contributed by atoms with van der Waals surface area (Å²) in [6.07, 6.45) is 3.11. The molecule has 2 aromatic heterocycles. The molecule has 114 valence electrons. The third kappa shape index (κ3) is 1.99. The highest BCUT2D eigenvalue weighted by molar-refractivity contribution is 6.04. The molecular weight excluding hydrogens is 298 g/mol. The van der Waals surface area contributed by atoms with Crippen molar-refractivity contribution in [1.29, 1.82) is 0 Å². The molecular formula is C15H11N5O3. The van der Waals surface area contributed by atoms with Crippen LogP contribution in [0.25, 0.3) is 17.0 Å². The minimum atomic E-state index is -0.460. The van der Waals surface area contributed by atoms with Gasteiger partial charge in [-0.1, -0.05) is 12.1 Å². The smallest absolute Gasteiger partial charge is 0.278 e. The van der Waals surface area contributed by atoms with E-state index in [1.54, 1.807) is 18.2 Å². The monoisotopic (exact) mass is 309 g/mol. The van der Waals surface area contributed by atoms with E-state index in [1.807, 2.05) is 0 Å². The fourth-order valence-electron chi connectivity index (χ4n) is 2.99. The molecule has 0 atom stereocenters. The van der Waals surface area contributed by atoms with Gasteiger partial charge < -0.3 is 0 Å². The molecule has 8 heteroatoms. The van der Waals surface area contributed by atoms with E-state index >= 15 is 0 Å². The lowest BCUT2D eigenvalue weighted by atomic mass is 9.90. The first-order valence-electron chi connectivity index (χ1n) is 7.16. The number of carbonyl (C=O) groups excluding carboxylic acids is 1. The number of para-hydroxylation sites is 1. The molecule has 0 fully saturated rings. The summed E-state index contributed by atoms with van der Waals surface area (Å²) in [5.41, 5.74) is 1.73. The lowest BCUT2D eigenvalue weighted by Gasteiger charge is -2.18. The molecule has 0 N–H and O–H groups in total. The van der Waals surface area contributed by atoms with Crippen molar-refractivity contribution in [2.24, 2.45) is 0 Å². The Balaban J connectivity index is 2.15. The van der Waals surface area contributed by atoms with Crippen LogP contribution in [-0.4, -0.2) is 30.3 Å². The van der Waals surface area contributed by atoms with Gasteiger partial charge in [0.05, 0.1) is 27.4 Å².